The number of benzene rings is 2. The van der Waals surface area contributed by atoms with E-state index in [2.05, 4.69) is 43.1 Å². The van der Waals surface area contributed by atoms with Gasteiger partial charge < -0.3 is 10.2 Å². The van der Waals surface area contributed by atoms with Crippen LogP contribution in [0.25, 0.3) is 0 Å². The standard InChI is InChI=1S/C20H24N2O/c1-5-22(4)17-12-10-16(11-13-17)14-15(2)18-8-6-7-9-19(18)20(23)21-3/h5-13,15H,1,14H2,2-4H3,(H,21,23). The van der Waals surface area contributed by atoms with Crippen LogP contribution in [0.2, 0.25) is 0 Å². The molecule has 1 N–H and O–H groups in total. The summed E-state index contributed by atoms with van der Waals surface area (Å²) in [4.78, 5) is 14.0. The van der Waals surface area contributed by atoms with Crippen molar-refractivity contribution >= 4 is 11.6 Å². The van der Waals surface area contributed by atoms with Gasteiger partial charge in [0.1, 0.15) is 0 Å². The normalized spacial score (nSPS) is 11.6. The number of amides is 1. The van der Waals surface area contributed by atoms with Crippen LogP contribution >= 0.6 is 0 Å². The highest BCUT2D eigenvalue weighted by molar-refractivity contribution is 5.95. The minimum absolute atomic E-state index is 0.0320. The van der Waals surface area contributed by atoms with E-state index in [1.807, 2.05) is 36.2 Å². The summed E-state index contributed by atoms with van der Waals surface area (Å²) in [7, 11) is 3.64. The number of carbonyl (C=O) groups excluding carboxylic acids is 1. The monoisotopic (exact) mass is 308 g/mol. The van der Waals surface area contributed by atoms with E-state index in [9.17, 15) is 4.79 Å². The predicted molar refractivity (Wildman–Crippen MR) is 97.0 cm³/mol. The first kappa shape index (κ1) is 16.8. The molecule has 1 amide bonds. The third-order valence-electron chi connectivity index (χ3n) is 4.12. The summed E-state index contributed by atoms with van der Waals surface area (Å²) < 4.78 is 0. The van der Waals surface area contributed by atoms with E-state index in [-0.39, 0.29) is 11.8 Å². The van der Waals surface area contributed by atoms with Crippen LogP contribution < -0.4 is 10.2 Å². The molecular formula is C20H24N2O. The van der Waals surface area contributed by atoms with E-state index in [4.69, 9.17) is 0 Å². The summed E-state index contributed by atoms with van der Waals surface area (Å²) in [6.45, 7) is 5.93. The quantitative estimate of drug-likeness (QED) is 0.875. The summed E-state index contributed by atoms with van der Waals surface area (Å²) in [5.41, 5.74) is 4.21. The first-order chi connectivity index (χ1) is 11.1. The highest BCUT2D eigenvalue weighted by atomic mass is 16.1. The molecule has 0 aliphatic rings. The van der Waals surface area contributed by atoms with E-state index < -0.39 is 0 Å². The van der Waals surface area contributed by atoms with Gasteiger partial charge in [0.05, 0.1) is 0 Å². The Morgan fingerprint density at radius 1 is 1.22 bits per heavy atom. The summed E-state index contributed by atoms with van der Waals surface area (Å²) in [6, 6.07) is 16.3. The Kier molecular flexibility index (Phi) is 5.58. The third-order valence-corrected chi connectivity index (χ3v) is 4.12. The second kappa shape index (κ2) is 7.63. The number of hydrogen-bond donors (Lipinski definition) is 1. The fourth-order valence-electron chi connectivity index (χ4n) is 2.70. The molecular weight excluding hydrogens is 284 g/mol. The van der Waals surface area contributed by atoms with Crippen molar-refractivity contribution in [3.8, 4) is 0 Å². The largest absolute Gasteiger partial charge is 0.355 e. The Balaban J connectivity index is 2.18. The molecule has 0 aliphatic carbocycles. The predicted octanol–water partition coefficient (Wildman–Crippen LogP) is 3.97. The van der Waals surface area contributed by atoms with Gasteiger partial charge in [-0.3, -0.25) is 4.79 Å². The first-order valence-electron chi connectivity index (χ1n) is 7.82. The van der Waals surface area contributed by atoms with Crippen LogP contribution in [-0.2, 0) is 6.42 Å². The molecule has 3 heteroatoms. The van der Waals surface area contributed by atoms with Crippen LogP contribution in [0.3, 0.4) is 0 Å². The fraction of sp³-hybridized carbons (Fsp3) is 0.250. The van der Waals surface area contributed by atoms with Gasteiger partial charge in [-0.1, -0.05) is 43.8 Å². The van der Waals surface area contributed by atoms with E-state index >= 15 is 0 Å². The van der Waals surface area contributed by atoms with Gasteiger partial charge in [0, 0.05) is 25.3 Å². The Hall–Kier alpha value is -2.55. The zero-order valence-corrected chi connectivity index (χ0v) is 14.0. The molecule has 0 spiro atoms. The average Bonchev–Trinajstić information content (AvgIpc) is 2.61. The number of hydrogen-bond acceptors (Lipinski definition) is 2. The van der Waals surface area contributed by atoms with Gasteiger partial charge in [0.15, 0.2) is 0 Å². The van der Waals surface area contributed by atoms with Crippen molar-refractivity contribution in [2.45, 2.75) is 19.3 Å². The molecule has 2 aromatic rings. The van der Waals surface area contributed by atoms with E-state index in [1.54, 1.807) is 13.2 Å². The average molecular weight is 308 g/mol. The fourth-order valence-corrected chi connectivity index (χ4v) is 2.70. The maximum atomic E-state index is 12.0. The molecule has 2 aromatic carbocycles. The molecule has 1 unspecified atom stereocenters. The van der Waals surface area contributed by atoms with Gasteiger partial charge in [-0.05, 0) is 47.9 Å². The molecule has 0 heterocycles. The second-order valence-corrected chi connectivity index (χ2v) is 5.73. The van der Waals surface area contributed by atoms with Crippen molar-refractivity contribution in [1.29, 1.82) is 0 Å². The maximum absolute atomic E-state index is 12.0. The number of nitrogens with zero attached hydrogens (tertiary/aromatic N) is 1. The van der Waals surface area contributed by atoms with Gasteiger partial charge in [-0.15, -0.1) is 0 Å². The minimum Gasteiger partial charge on any atom is -0.355 e. The lowest BCUT2D eigenvalue weighted by atomic mass is 9.90. The smallest absolute Gasteiger partial charge is 0.251 e. The summed E-state index contributed by atoms with van der Waals surface area (Å²) in [5, 5.41) is 2.71. The molecule has 120 valence electrons. The van der Waals surface area contributed by atoms with E-state index in [0.717, 1.165) is 23.2 Å². The molecule has 1 atom stereocenters. The Morgan fingerprint density at radius 3 is 2.48 bits per heavy atom. The molecule has 3 nitrogen and oxygen atoms in total. The topological polar surface area (TPSA) is 32.3 Å². The van der Waals surface area contributed by atoms with Crippen molar-refractivity contribution in [3.63, 3.8) is 0 Å². The lowest BCUT2D eigenvalue weighted by Crippen LogP contribution is -2.20. The van der Waals surface area contributed by atoms with Gasteiger partial charge in [0.25, 0.3) is 5.91 Å². The molecule has 0 aromatic heterocycles. The minimum atomic E-state index is -0.0320. The van der Waals surface area contributed by atoms with Gasteiger partial charge in [-0.2, -0.15) is 0 Å². The molecule has 0 aliphatic heterocycles. The molecule has 0 saturated heterocycles. The molecule has 2 rings (SSSR count). The SMILES string of the molecule is C=CN(C)c1ccc(CC(C)c2ccccc2C(=O)NC)cc1. The molecule has 0 fully saturated rings. The molecule has 23 heavy (non-hydrogen) atoms. The van der Waals surface area contributed by atoms with Crippen LogP contribution in [0.15, 0.2) is 61.3 Å². The van der Waals surface area contributed by atoms with Crippen molar-refractivity contribution in [2.24, 2.45) is 0 Å². The molecule has 0 radical (unpaired) electrons. The number of nitrogens with one attached hydrogen (secondary N) is 1. The summed E-state index contributed by atoms with van der Waals surface area (Å²) in [5.74, 6) is 0.238. The maximum Gasteiger partial charge on any atom is 0.251 e. The molecule has 0 bridgehead atoms. The number of carbonyl (C=O) groups is 1. The van der Waals surface area contributed by atoms with Crippen molar-refractivity contribution < 1.29 is 4.79 Å². The van der Waals surface area contributed by atoms with Crippen LogP contribution in [-0.4, -0.2) is 20.0 Å². The van der Waals surface area contributed by atoms with Crippen LogP contribution in [0.1, 0.15) is 34.3 Å². The lowest BCUT2D eigenvalue weighted by molar-refractivity contribution is 0.0961. The summed E-state index contributed by atoms with van der Waals surface area (Å²) >= 11 is 0. The van der Waals surface area contributed by atoms with Crippen molar-refractivity contribution in [3.05, 3.63) is 78.0 Å². The van der Waals surface area contributed by atoms with E-state index in [1.165, 1.54) is 5.56 Å². The highest BCUT2D eigenvalue weighted by Crippen LogP contribution is 2.25. The number of rotatable bonds is 6. The Morgan fingerprint density at radius 2 is 1.87 bits per heavy atom. The third kappa shape index (κ3) is 4.01. The van der Waals surface area contributed by atoms with Gasteiger partial charge >= 0.3 is 0 Å². The zero-order valence-electron chi connectivity index (χ0n) is 14.0. The number of anilines is 1. The van der Waals surface area contributed by atoms with Gasteiger partial charge in [0.2, 0.25) is 0 Å². The Bertz CT molecular complexity index is 676. The lowest BCUT2D eigenvalue weighted by Gasteiger charge is -2.17. The van der Waals surface area contributed by atoms with Crippen LogP contribution in [0.5, 0.6) is 0 Å². The first-order valence-corrected chi connectivity index (χ1v) is 7.82. The Labute approximate surface area is 138 Å². The zero-order chi connectivity index (χ0) is 16.8. The van der Waals surface area contributed by atoms with Crippen LogP contribution in [0, 0.1) is 0 Å². The summed E-state index contributed by atoms with van der Waals surface area (Å²) in [6.07, 6.45) is 2.68. The highest BCUT2D eigenvalue weighted by Gasteiger charge is 2.15. The van der Waals surface area contributed by atoms with Crippen molar-refractivity contribution in [2.75, 3.05) is 19.0 Å². The second-order valence-electron chi connectivity index (χ2n) is 5.73. The van der Waals surface area contributed by atoms with Gasteiger partial charge in [-0.25, -0.2) is 0 Å². The van der Waals surface area contributed by atoms with E-state index in [0.29, 0.717) is 0 Å². The molecule has 0 saturated carbocycles. The van der Waals surface area contributed by atoms with Crippen molar-refractivity contribution in [1.82, 2.24) is 5.32 Å². The van der Waals surface area contributed by atoms with Crippen LogP contribution in [0.4, 0.5) is 5.69 Å².